The summed E-state index contributed by atoms with van der Waals surface area (Å²) >= 11 is 0. The number of carbonyl (C=O) groups is 3. The fourth-order valence-electron chi connectivity index (χ4n) is 6.40. The van der Waals surface area contributed by atoms with Crippen LogP contribution in [-0.4, -0.2) is 24.4 Å². The van der Waals surface area contributed by atoms with Crippen molar-refractivity contribution in [2.45, 2.75) is 12.8 Å². The fraction of sp³-hybridized carbons (Fsp3) is 0.182. The predicted molar refractivity (Wildman–Crippen MR) is 147 cm³/mol. The molecular weight excluding hydrogens is 490 g/mol. The molecule has 39 heavy (non-hydrogen) atoms. The van der Waals surface area contributed by atoms with Crippen molar-refractivity contribution >= 4 is 39.8 Å². The third kappa shape index (κ3) is 3.52. The Kier molecular flexibility index (Phi) is 5.37. The molecule has 192 valence electrons. The Bertz CT molecular complexity index is 1670. The Morgan fingerprint density at radius 3 is 2.28 bits per heavy atom. The Morgan fingerprint density at radius 2 is 1.51 bits per heavy atom. The Morgan fingerprint density at radius 1 is 0.795 bits per heavy atom. The second-order valence-corrected chi connectivity index (χ2v) is 10.1. The number of esters is 1. The molecule has 0 saturated carbocycles. The Hall–Kier alpha value is -4.71. The summed E-state index contributed by atoms with van der Waals surface area (Å²) in [4.78, 5) is 43.0. The molecule has 3 aliphatic rings. The highest BCUT2D eigenvalue weighted by Crippen LogP contribution is 2.55. The second-order valence-electron chi connectivity index (χ2n) is 10.1. The molecule has 0 aromatic heterocycles. The van der Waals surface area contributed by atoms with E-state index < -0.39 is 23.7 Å². The summed E-state index contributed by atoms with van der Waals surface area (Å²) in [6, 6.07) is 28.4. The molecule has 0 unspecified atom stereocenters. The van der Waals surface area contributed by atoms with Crippen LogP contribution in [0.15, 0.2) is 97.1 Å². The zero-order chi connectivity index (χ0) is 26.7. The van der Waals surface area contributed by atoms with Gasteiger partial charge in [-0.3, -0.25) is 14.4 Å². The molecule has 4 aromatic carbocycles. The first kappa shape index (κ1) is 23.4. The van der Waals surface area contributed by atoms with Gasteiger partial charge in [-0.1, -0.05) is 72.8 Å². The van der Waals surface area contributed by atoms with Crippen LogP contribution in [0.5, 0.6) is 11.5 Å². The average Bonchev–Trinajstić information content (AvgIpc) is 3.23. The van der Waals surface area contributed by atoms with Crippen LogP contribution in [-0.2, 0) is 14.4 Å². The van der Waals surface area contributed by atoms with Crippen molar-refractivity contribution in [2.24, 2.45) is 17.8 Å². The van der Waals surface area contributed by atoms with Crippen LogP contribution in [0.1, 0.15) is 24.0 Å². The van der Waals surface area contributed by atoms with Crippen molar-refractivity contribution in [1.29, 1.82) is 0 Å². The molecule has 1 saturated heterocycles. The van der Waals surface area contributed by atoms with Gasteiger partial charge in [0.15, 0.2) is 0 Å². The summed E-state index contributed by atoms with van der Waals surface area (Å²) in [7, 11) is 0. The van der Waals surface area contributed by atoms with Crippen molar-refractivity contribution in [3.63, 3.8) is 0 Å². The van der Waals surface area contributed by atoms with E-state index in [1.807, 2.05) is 79.7 Å². The van der Waals surface area contributed by atoms with Crippen LogP contribution in [0.4, 0.5) is 5.69 Å². The molecular formula is C33H25NO5. The number of rotatable bonds is 4. The number of ether oxygens (including phenoxy) is 2. The van der Waals surface area contributed by atoms with E-state index in [9.17, 15) is 14.4 Å². The molecule has 2 amide bonds. The lowest BCUT2D eigenvalue weighted by Gasteiger charge is -2.38. The molecule has 0 N–H and O–H groups in total. The van der Waals surface area contributed by atoms with Crippen LogP contribution >= 0.6 is 0 Å². The van der Waals surface area contributed by atoms with Crippen molar-refractivity contribution in [3.05, 3.63) is 108 Å². The lowest BCUT2D eigenvalue weighted by Crippen LogP contribution is -2.42. The largest absolute Gasteiger partial charge is 0.494 e. The summed E-state index contributed by atoms with van der Waals surface area (Å²) < 4.78 is 11.5. The summed E-state index contributed by atoms with van der Waals surface area (Å²) in [6.45, 7) is 2.41. The van der Waals surface area contributed by atoms with E-state index in [0.29, 0.717) is 23.8 Å². The minimum atomic E-state index is -0.874. The SMILES string of the molecule is CCOc1ccc(N2C(=O)[C@@H]3[C@@H]4C(=O)Oc5c(ccc6ccccc56)C4=C[C@H](c4ccccc4)[C@@H]3C2=O)cc1. The molecule has 4 atom stereocenters. The number of benzene rings is 4. The average molecular weight is 516 g/mol. The number of allylic oxidation sites excluding steroid dienone is 1. The predicted octanol–water partition coefficient (Wildman–Crippen LogP) is 5.76. The van der Waals surface area contributed by atoms with E-state index in [1.165, 1.54) is 4.90 Å². The number of anilines is 1. The lowest BCUT2D eigenvalue weighted by atomic mass is 9.64. The van der Waals surface area contributed by atoms with E-state index in [1.54, 1.807) is 24.3 Å². The molecule has 6 heteroatoms. The molecule has 0 radical (unpaired) electrons. The highest BCUT2D eigenvalue weighted by Gasteiger charge is 2.60. The highest BCUT2D eigenvalue weighted by molar-refractivity contribution is 6.24. The summed E-state index contributed by atoms with van der Waals surface area (Å²) in [5, 5.41) is 1.80. The van der Waals surface area contributed by atoms with Crippen molar-refractivity contribution in [3.8, 4) is 11.5 Å². The Balaban J connectivity index is 1.39. The van der Waals surface area contributed by atoms with Gasteiger partial charge >= 0.3 is 5.97 Å². The van der Waals surface area contributed by atoms with Gasteiger partial charge < -0.3 is 9.47 Å². The molecule has 1 aliphatic carbocycles. The topological polar surface area (TPSA) is 72.9 Å². The third-order valence-electron chi connectivity index (χ3n) is 8.08. The van der Waals surface area contributed by atoms with Crippen molar-refractivity contribution in [1.82, 2.24) is 0 Å². The van der Waals surface area contributed by atoms with Crippen LogP contribution in [0, 0.1) is 17.8 Å². The lowest BCUT2D eigenvalue weighted by molar-refractivity contribution is -0.142. The zero-order valence-corrected chi connectivity index (χ0v) is 21.2. The maximum atomic E-state index is 14.1. The summed E-state index contributed by atoms with van der Waals surface area (Å²) in [6.07, 6.45) is 2.02. The van der Waals surface area contributed by atoms with Gasteiger partial charge in [-0.25, -0.2) is 4.90 Å². The number of imide groups is 1. The molecule has 6 nitrogen and oxygen atoms in total. The fourth-order valence-corrected chi connectivity index (χ4v) is 6.40. The molecule has 1 fully saturated rings. The van der Waals surface area contributed by atoms with Crippen LogP contribution < -0.4 is 14.4 Å². The normalized spacial score (nSPS) is 23.6. The molecule has 7 rings (SSSR count). The van der Waals surface area contributed by atoms with E-state index in [2.05, 4.69) is 0 Å². The van der Waals surface area contributed by atoms with Gasteiger partial charge in [0, 0.05) is 16.9 Å². The molecule has 4 aromatic rings. The Labute approximate surface area is 225 Å². The van der Waals surface area contributed by atoms with Gasteiger partial charge in [0.25, 0.3) is 0 Å². The van der Waals surface area contributed by atoms with Crippen LogP contribution in [0.3, 0.4) is 0 Å². The van der Waals surface area contributed by atoms with Gasteiger partial charge in [-0.15, -0.1) is 0 Å². The summed E-state index contributed by atoms with van der Waals surface area (Å²) in [5.74, 6) is -2.88. The molecule has 0 spiro atoms. The van der Waals surface area contributed by atoms with Gasteiger partial charge in [-0.05, 0) is 47.7 Å². The maximum Gasteiger partial charge on any atom is 0.319 e. The first-order valence-corrected chi connectivity index (χ1v) is 13.2. The van der Waals surface area contributed by atoms with Gasteiger partial charge in [0.1, 0.15) is 11.5 Å². The van der Waals surface area contributed by atoms with E-state index in [4.69, 9.17) is 9.47 Å². The minimum Gasteiger partial charge on any atom is -0.494 e. The third-order valence-corrected chi connectivity index (χ3v) is 8.08. The van der Waals surface area contributed by atoms with E-state index in [-0.39, 0.29) is 17.7 Å². The number of hydrogen-bond acceptors (Lipinski definition) is 5. The monoisotopic (exact) mass is 515 g/mol. The van der Waals surface area contributed by atoms with Crippen LogP contribution in [0.2, 0.25) is 0 Å². The quantitative estimate of drug-likeness (QED) is 0.196. The van der Waals surface area contributed by atoms with E-state index in [0.717, 1.165) is 27.5 Å². The number of carbonyl (C=O) groups excluding carboxylic acids is 3. The molecule has 0 bridgehead atoms. The maximum absolute atomic E-state index is 14.1. The summed E-state index contributed by atoms with van der Waals surface area (Å²) in [5.41, 5.74) is 2.93. The first-order valence-electron chi connectivity index (χ1n) is 13.2. The van der Waals surface area contributed by atoms with Gasteiger partial charge in [0.05, 0.1) is 30.0 Å². The standard InChI is InChI=1S/C33H25NO5/c1-2-38-22-15-13-21(14-16-22)34-31(35)27-25(19-8-4-3-5-9-19)18-26-24-17-12-20-10-6-7-11-23(20)30(24)39-33(37)28(26)29(27)32(34)36/h3-18,25,27-29H,2H2,1H3/t25-,27+,28-,29+/m1/s1. The number of hydrogen-bond donors (Lipinski definition) is 0. The minimum absolute atomic E-state index is 0.310. The second kappa shape index (κ2) is 8.95. The van der Waals surface area contributed by atoms with Crippen molar-refractivity contribution in [2.75, 3.05) is 11.5 Å². The first-order chi connectivity index (χ1) is 19.1. The number of amides is 2. The van der Waals surface area contributed by atoms with Gasteiger partial charge in [0.2, 0.25) is 11.8 Å². The van der Waals surface area contributed by atoms with Gasteiger partial charge in [-0.2, -0.15) is 0 Å². The molecule has 2 heterocycles. The van der Waals surface area contributed by atoms with Crippen LogP contribution in [0.25, 0.3) is 16.3 Å². The number of fused-ring (bicyclic) bond motifs is 7. The smallest absolute Gasteiger partial charge is 0.319 e. The zero-order valence-electron chi connectivity index (χ0n) is 21.2. The van der Waals surface area contributed by atoms with E-state index >= 15 is 0 Å². The highest BCUT2D eigenvalue weighted by atomic mass is 16.5. The number of nitrogens with zero attached hydrogens (tertiary/aromatic N) is 1. The van der Waals surface area contributed by atoms with Crippen molar-refractivity contribution < 1.29 is 23.9 Å². The molecule has 2 aliphatic heterocycles.